The van der Waals surface area contributed by atoms with Crippen LogP contribution in [0, 0.1) is 5.41 Å². The fourth-order valence-electron chi connectivity index (χ4n) is 2.01. The smallest absolute Gasteiger partial charge is 0.220 e. The monoisotopic (exact) mass is 324 g/mol. The Labute approximate surface area is 140 Å². The van der Waals surface area contributed by atoms with Gasteiger partial charge in [0.2, 0.25) is 11.8 Å². The van der Waals surface area contributed by atoms with E-state index >= 15 is 0 Å². The molecule has 0 unspecified atom stereocenters. The van der Waals surface area contributed by atoms with Crippen LogP contribution < -0.4 is 11.1 Å². The van der Waals surface area contributed by atoms with Crippen molar-refractivity contribution >= 4 is 17.6 Å². The number of allylic oxidation sites excluding steroid dienone is 1. The molecule has 0 saturated heterocycles. The van der Waals surface area contributed by atoms with Gasteiger partial charge in [0.15, 0.2) is 5.78 Å². The highest BCUT2D eigenvalue weighted by molar-refractivity contribution is 5.94. The van der Waals surface area contributed by atoms with Crippen molar-refractivity contribution in [2.75, 3.05) is 0 Å². The molecule has 0 aromatic rings. The van der Waals surface area contributed by atoms with E-state index in [0.29, 0.717) is 6.42 Å². The standard InChI is InChI=1S/C18H32N2O3/c1-5-6-7-8-9-10-17(23)20-14(13-16(19)22)11-12-15(21)18(2,3)4/h11-12,14H,5-10,13H2,1-4H3,(H2,19,22)(H,20,23)/b12-11-/t14-/m0/s1. The molecule has 0 aliphatic rings. The third kappa shape index (κ3) is 11.6. The first-order valence-corrected chi connectivity index (χ1v) is 8.47. The van der Waals surface area contributed by atoms with Crippen LogP contribution in [0.1, 0.15) is 72.6 Å². The molecule has 0 bridgehead atoms. The molecule has 0 aromatic carbocycles. The summed E-state index contributed by atoms with van der Waals surface area (Å²) < 4.78 is 0. The quantitative estimate of drug-likeness (QED) is 0.452. The number of ketones is 1. The molecular formula is C18H32N2O3. The van der Waals surface area contributed by atoms with Gasteiger partial charge in [0.25, 0.3) is 0 Å². The molecule has 3 N–H and O–H groups in total. The Morgan fingerprint density at radius 3 is 2.22 bits per heavy atom. The fraction of sp³-hybridized carbons (Fsp3) is 0.722. The number of primary amides is 1. The Kier molecular flexibility index (Phi) is 10.2. The molecule has 0 saturated carbocycles. The predicted molar refractivity (Wildman–Crippen MR) is 92.7 cm³/mol. The van der Waals surface area contributed by atoms with Crippen LogP contribution in [0.25, 0.3) is 0 Å². The minimum absolute atomic E-state index is 0.00447. The van der Waals surface area contributed by atoms with Crippen molar-refractivity contribution in [2.24, 2.45) is 11.1 Å². The van der Waals surface area contributed by atoms with E-state index in [1.807, 2.05) is 20.8 Å². The van der Waals surface area contributed by atoms with Crippen molar-refractivity contribution < 1.29 is 14.4 Å². The molecule has 0 aromatic heterocycles. The van der Waals surface area contributed by atoms with Crippen LogP contribution in [0.5, 0.6) is 0 Å². The van der Waals surface area contributed by atoms with Gasteiger partial charge in [0.05, 0.1) is 12.5 Å². The van der Waals surface area contributed by atoms with Gasteiger partial charge >= 0.3 is 0 Å². The maximum absolute atomic E-state index is 11.9. The first kappa shape index (κ1) is 21.4. The largest absolute Gasteiger partial charge is 0.370 e. The summed E-state index contributed by atoms with van der Waals surface area (Å²) in [6.45, 7) is 7.60. The highest BCUT2D eigenvalue weighted by atomic mass is 16.2. The van der Waals surface area contributed by atoms with Crippen LogP contribution in [-0.2, 0) is 14.4 Å². The number of amides is 2. The van der Waals surface area contributed by atoms with E-state index in [4.69, 9.17) is 5.73 Å². The topological polar surface area (TPSA) is 89.3 Å². The molecule has 23 heavy (non-hydrogen) atoms. The Morgan fingerprint density at radius 2 is 1.70 bits per heavy atom. The van der Waals surface area contributed by atoms with Crippen molar-refractivity contribution in [1.82, 2.24) is 5.32 Å². The number of hydrogen-bond acceptors (Lipinski definition) is 3. The van der Waals surface area contributed by atoms with Gasteiger partial charge < -0.3 is 11.1 Å². The molecule has 5 nitrogen and oxygen atoms in total. The molecule has 0 rings (SSSR count). The van der Waals surface area contributed by atoms with Gasteiger partial charge in [-0.25, -0.2) is 0 Å². The zero-order valence-electron chi connectivity index (χ0n) is 15.0. The van der Waals surface area contributed by atoms with E-state index in [2.05, 4.69) is 12.2 Å². The Hall–Kier alpha value is -1.65. The second kappa shape index (κ2) is 11.0. The highest BCUT2D eigenvalue weighted by Gasteiger charge is 2.19. The number of rotatable bonds is 11. The first-order valence-electron chi connectivity index (χ1n) is 8.47. The number of nitrogens with two attached hydrogens (primary N) is 1. The molecule has 5 heteroatoms. The Morgan fingerprint density at radius 1 is 1.09 bits per heavy atom. The maximum Gasteiger partial charge on any atom is 0.220 e. The summed E-state index contributed by atoms with van der Waals surface area (Å²) in [6.07, 6.45) is 8.76. The van der Waals surface area contributed by atoms with Gasteiger partial charge in [-0.3, -0.25) is 14.4 Å². The molecule has 0 fully saturated rings. The molecule has 0 aliphatic carbocycles. The van der Waals surface area contributed by atoms with E-state index in [0.717, 1.165) is 19.3 Å². The highest BCUT2D eigenvalue weighted by Crippen LogP contribution is 2.15. The summed E-state index contributed by atoms with van der Waals surface area (Å²) in [4.78, 5) is 34.9. The van der Waals surface area contributed by atoms with Gasteiger partial charge in [-0.15, -0.1) is 0 Å². The van der Waals surface area contributed by atoms with E-state index in [9.17, 15) is 14.4 Å². The van der Waals surface area contributed by atoms with E-state index < -0.39 is 17.4 Å². The van der Waals surface area contributed by atoms with Crippen LogP contribution in [0.4, 0.5) is 0 Å². The predicted octanol–water partition coefficient (Wildman–Crippen LogP) is 2.88. The third-order valence-electron chi connectivity index (χ3n) is 3.49. The van der Waals surface area contributed by atoms with Crippen molar-refractivity contribution in [3.05, 3.63) is 12.2 Å². The summed E-state index contributed by atoms with van der Waals surface area (Å²) in [7, 11) is 0. The third-order valence-corrected chi connectivity index (χ3v) is 3.49. The summed E-state index contributed by atoms with van der Waals surface area (Å²) in [5.41, 5.74) is 4.72. The van der Waals surface area contributed by atoms with Crippen molar-refractivity contribution in [3.8, 4) is 0 Å². The summed E-state index contributed by atoms with van der Waals surface area (Å²) in [6, 6.07) is -0.526. The Balaban J connectivity index is 4.44. The minimum Gasteiger partial charge on any atom is -0.370 e. The zero-order valence-corrected chi connectivity index (χ0v) is 15.0. The average Bonchev–Trinajstić information content (AvgIpc) is 2.42. The van der Waals surface area contributed by atoms with Gasteiger partial charge in [0, 0.05) is 11.8 Å². The molecule has 0 heterocycles. The van der Waals surface area contributed by atoms with Crippen LogP contribution >= 0.6 is 0 Å². The molecule has 132 valence electrons. The van der Waals surface area contributed by atoms with Crippen molar-refractivity contribution in [3.63, 3.8) is 0 Å². The van der Waals surface area contributed by atoms with Crippen LogP contribution in [0.3, 0.4) is 0 Å². The summed E-state index contributed by atoms with van der Waals surface area (Å²) in [5, 5.41) is 2.77. The summed E-state index contributed by atoms with van der Waals surface area (Å²) in [5.74, 6) is -0.674. The van der Waals surface area contributed by atoms with E-state index in [1.165, 1.54) is 18.9 Å². The fourth-order valence-corrected chi connectivity index (χ4v) is 2.01. The van der Waals surface area contributed by atoms with Crippen LogP contribution in [0.2, 0.25) is 0 Å². The first-order chi connectivity index (χ1) is 10.7. The van der Waals surface area contributed by atoms with Crippen LogP contribution in [-0.4, -0.2) is 23.6 Å². The number of unbranched alkanes of at least 4 members (excludes halogenated alkanes) is 4. The average molecular weight is 324 g/mol. The lowest BCUT2D eigenvalue weighted by Gasteiger charge is -2.16. The number of nitrogens with one attached hydrogen (secondary N) is 1. The molecule has 0 aliphatic heterocycles. The van der Waals surface area contributed by atoms with Crippen LogP contribution in [0.15, 0.2) is 12.2 Å². The normalized spacial score (nSPS) is 13.0. The molecular weight excluding hydrogens is 292 g/mol. The van der Waals surface area contributed by atoms with Gasteiger partial charge in [0.1, 0.15) is 0 Å². The van der Waals surface area contributed by atoms with Gasteiger partial charge in [-0.1, -0.05) is 59.5 Å². The molecule has 1 atom stereocenters. The Bertz CT molecular complexity index is 422. The lowest BCUT2D eigenvalue weighted by Crippen LogP contribution is -2.36. The number of carbonyl (C=O) groups is 3. The second-order valence-corrected chi connectivity index (χ2v) is 6.98. The minimum atomic E-state index is -0.526. The van der Waals surface area contributed by atoms with E-state index in [1.54, 1.807) is 6.08 Å². The van der Waals surface area contributed by atoms with Crippen molar-refractivity contribution in [1.29, 1.82) is 0 Å². The molecule has 0 radical (unpaired) electrons. The maximum atomic E-state index is 11.9. The zero-order chi connectivity index (χ0) is 17.9. The lowest BCUT2D eigenvalue weighted by atomic mass is 9.90. The SMILES string of the molecule is CCCCCCCC(=O)N[C@@H](/C=C\C(=O)C(C)(C)C)CC(N)=O. The van der Waals surface area contributed by atoms with Crippen molar-refractivity contribution in [2.45, 2.75) is 78.7 Å². The van der Waals surface area contributed by atoms with Gasteiger partial charge in [-0.2, -0.15) is 0 Å². The number of carbonyl (C=O) groups excluding carboxylic acids is 3. The van der Waals surface area contributed by atoms with Gasteiger partial charge in [-0.05, 0) is 12.5 Å². The summed E-state index contributed by atoms with van der Waals surface area (Å²) >= 11 is 0. The lowest BCUT2D eigenvalue weighted by molar-refractivity contribution is -0.123. The number of hydrogen-bond donors (Lipinski definition) is 2. The van der Waals surface area contributed by atoms with E-state index in [-0.39, 0.29) is 18.1 Å². The molecule has 2 amide bonds. The second-order valence-electron chi connectivity index (χ2n) is 6.98. The molecule has 0 spiro atoms.